The zero-order chi connectivity index (χ0) is 22.3. The number of hydrogen-bond acceptors (Lipinski definition) is 3. The molecule has 1 fully saturated rings. The molecule has 1 aromatic carbocycles. The normalized spacial score (nSPS) is 18.2. The van der Waals surface area contributed by atoms with Crippen molar-refractivity contribution in [3.8, 4) is 5.75 Å². The third kappa shape index (κ3) is 4.61. The SMILES string of the molecule is Cn1c(C(C)(C)C)c/c(=N\C(=O)c2cc(C(F)(F)F)ccc2O)n1C[C@H]1CCCO1. The van der Waals surface area contributed by atoms with Crippen LogP contribution in [0.2, 0.25) is 0 Å². The molecule has 0 aliphatic carbocycles. The van der Waals surface area contributed by atoms with Gasteiger partial charge in [-0.25, -0.2) is 0 Å². The van der Waals surface area contributed by atoms with Crippen molar-refractivity contribution in [1.29, 1.82) is 0 Å². The molecule has 2 aromatic rings. The minimum Gasteiger partial charge on any atom is -0.507 e. The molecule has 0 radical (unpaired) electrons. The third-order valence-electron chi connectivity index (χ3n) is 5.18. The smallest absolute Gasteiger partial charge is 0.416 e. The quantitative estimate of drug-likeness (QED) is 0.814. The Morgan fingerprint density at radius 2 is 1.97 bits per heavy atom. The molecule has 1 N–H and O–H groups in total. The number of aromatic hydroxyl groups is 1. The average Bonchev–Trinajstić information content (AvgIpc) is 3.24. The van der Waals surface area contributed by atoms with E-state index < -0.39 is 29.0 Å². The number of carbonyl (C=O) groups excluding carboxylic acids is 1. The van der Waals surface area contributed by atoms with Crippen molar-refractivity contribution >= 4 is 5.91 Å². The van der Waals surface area contributed by atoms with Crippen molar-refractivity contribution in [2.45, 2.75) is 57.9 Å². The van der Waals surface area contributed by atoms with Gasteiger partial charge >= 0.3 is 6.18 Å². The monoisotopic (exact) mass is 425 g/mol. The maximum absolute atomic E-state index is 13.0. The first-order valence-electron chi connectivity index (χ1n) is 9.76. The van der Waals surface area contributed by atoms with Crippen LogP contribution in [0.25, 0.3) is 0 Å². The number of nitrogens with zero attached hydrogens (tertiary/aromatic N) is 3. The van der Waals surface area contributed by atoms with Gasteiger partial charge in [0.25, 0.3) is 5.91 Å². The fraction of sp³-hybridized carbons (Fsp3) is 0.524. The Morgan fingerprint density at radius 1 is 1.27 bits per heavy atom. The number of hydrogen-bond donors (Lipinski definition) is 1. The van der Waals surface area contributed by atoms with Gasteiger partial charge in [-0.3, -0.25) is 14.2 Å². The van der Waals surface area contributed by atoms with Crippen LogP contribution in [-0.4, -0.2) is 33.1 Å². The van der Waals surface area contributed by atoms with Crippen molar-refractivity contribution in [2.75, 3.05) is 6.61 Å². The molecule has 2 heterocycles. The van der Waals surface area contributed by atoms with E-state index in [0.717, 1.165) is 30.7 Å². The Labute approximate surface area is 172 Å². The standard InChI is InChI=1S/C21H26F3N3O3/c1-20(2,3)17-11-18(27(26(17)4)12-14-6-5-9-30-14)25-19(29)15-10-13(21(22,23)24)7-8-16(15)28/h7-8,10-11,14,28H,5-6,9,12H2,1-4H3/b25-18+/t14-/m1/s1. The van der Waals surface area contributed by atoms with Gasteiger partial charge in [0, 0.05) is 30.8 Å². The first kappa shape index (κ1) is 22.1. The van der Waals surface area contributed by atoms with E-state index in [2.05, 4.69) is 4.99 Å². The number of alkyl halides is 3. The molecular weight excluding hydrogens is 399 g/mol. The van der Waals surface area contributed by atoms with Crippen LogP contribution in [0.5, 0.6) is 5.75 Å². The number of phenols is 1. The van der Waals surface area contributed by atoms with Gasteiger partial charge in [-0.2, -0.15) is 18.2 Å². The maximum atomic E-state index is 13.0. The number of rotatable bonds is 3. The van der Waals surface area contributed by atoms with Crippen LogP contribution < -0.4 is 5.49 Å². The number of amides is 1. The Balaban J connectivity index is 2.08. The van der Waals surface area contributed by atoms with E-state index in [0.29, 0.717) is 24.7 Å². The lowest BCUT2D eigenvalue weighted by atomic mass is 9.92. The van der Waals surface area contributed by atoms with Crippen LogP contribution >= 0.6 is 0 Å². The molecule has 164 valence electrons. The topological polar surface area (TPSA) is 68.8 Å². The minimum absolute atomic E-state index is 0.0255. The molecule has 1 aliphatic rings. The van der Waals surface area contributed by atoms with Crippen LogP contribution in [0.1, 0.15) is 55.2 Å². The van der Waals surface area contributed by atoms with E-state index in [1.807, 2.05) is 32.5 Å². The molecule has 1 saturated heterocycles. The van der Waals surface area contributed by atoms with Gasteiger partial charge in [0.15, 0.2) is 5.49 Å². The number of benzene rings is 1. The summed E-state index contributed by atoms with van der Waals surface area (Å²) in [6.07, 6.45) is -2.83. The number of ether oxygens (including phenoxy) is 1. The summed E-state index contributed by atoms with van der Waals surface area (Å²) in [5.74, 6) is -1.49. The van der Waals surface area contributed by atoms with E-state index in [4.69, 9.17) is 4.74 Å². The largest absolute Gasteiger partial charge is 0.507 e. The zero-order valence-corrected chi connectivity index (χ0v) is 17.5. The average molecular weight is 425 g/mol. The highest BCUT2D eigenvalue weighted by molar-refractivity contribution is 5.97. The van der Waals surface area contributed by atoms with Gasteiger partial charge in [0.05, 0.1) is 23.8 Å². The summed E-state index contributed by atoms with van der Waals surface area (Å²) in [5.41, 5.74) is -0.549. The number of aromatic nitrogens is 2. The summed E-state index contributed by atoms with van der Waals surface area (Å²) >= 11 is 0. The van der Waals surface area contributed by atoms with Crippen LogP contribution in [0.3, 0.4) is 0 Å². The van der Waals surface area contributed by atoms with E-state index in [9.17, 15) is 23.1 Å². The molecule has 9 heteroatoms. The Morgan fingerprint density at radius 3 is 2.53 bits per heavy atom. The number of phenolic OH excluding ortho intramolecular Hbond substituents is 1. The molecule has 0 saturated carbocycles. The first-order valence-corrected chi connectivity index (χ1v) is 9.76. The second kappa shape index (κ2) is 7.94. The maximum Gasteiger partial charge on any atom is 0.416 e. The summed E-state index contributed by atoms with van der Waals surface area (Å²) in [7, 11) is 1.85. The predicted molar refractivity (Wildman–Crippen MR) is 104 cm³/mol. The molecule has 0 spiro atoms. The summed E-state index contributed by atoms with van der Waals surface area (Å²) in [6, 6.07) is 3.96. The molecule has 30 heavy (non-hydrogen) atoms. The first-order chi connectivity index (χ1) is 13.9. The van der Waals surface area contributed by atoms with Crippen LogP contribution in [0.4, 0.5) is 13.2 Å². The van der Waals surface area contributed by atoms with Gasteiger partial charge in [0.1, 0.15) is 5.75 Å². The van der Waals surface area contributed by atoms with Gasteiger partial charge in [0.2, 0.25) is 0 Å². The van der Waals surface area contributed by atoms with Crippen molar-refractivity contribution < 1.29 is 27.8 Å². The van der Waals surface area contributed by atoms with Gasteiger partial charge in [-0.05, 0) is 31.0 Å². The summed E-state index contributed by atoms with van der Waals surface area (Å²) in [6.45, 7) is 7.19. The second-order valence-corrected chi connectivity index (χ2v) is 8.53. The molecular formula is C21H26F3N3O3. The lowest BCUT2D eigenvalue weighted by Gasteiger charge is -2.21. The van der Waals surface area contributed by atoms with E-state index in [1.54, 1.807) is 10.7 Å². The fourth-order valence-corrected chi connectivity index (χ4v) is 3.61. The second-order valence-electron chi connectivity index (χ2n) is 8.53. The molecule has 1 aromatic heterocycles. The lowest BCUT2D eigenvalue weighted by molar-refractivity contribution is -0.137. The molecule has 6 nitrogen and oxygen atoms in total. The molecule has 0 unspecified atom stereocenters. The summed E-state index contributed by atoms with van der Waals surface area (Å²) in [5, 5.41) is 9.96. The summed E-state index contributed by atoms with van der Waals surface area (Å²) in [4.78, 5) is 16.8. The molecule has 1 aliphatic heterocycles. The van der Waals surface area contributed by atoms with Crippen LogP contribution in [-0.2, 0) is 29.9 Å². The number of halogens is 3. The van der Waals surface area contributed by atoms with Crippen molar-refractivity contribution in [3.63, 3.8) is 0 Å². The van der Waals surface area contributed by atoms with Gasteiger partial charge < -0.3 is 9.84 Å². The number of carbonyl (C=O) groups is 1. The Bertz CT molecular complexity index is 1010. The van der Waals surface area contributed by atoms with Crippen molar-refractivity contribution in [1.82, 2.24) is 9.36 Å². The lowest BCUT2D eigenvalue weighted by Crippen LogP contribution is -2.30. The van der Waals surface area contributed by atoms with Crippen LogP contribution in [0.15, 0.2) is 29.3 Å². The Hall–Kier alpha value is -2.55. The highest BCUT2D eigenvalue weighted by Crippen LogP contribution is 2.32. The minimum atomic E-state index is -4.63. The highest BCUT2D eigenvalue weighted by atomic mass is 19.4. The molecule has 3 rings (SSSR count). The third-order valence-corrected chi connectivity index (χ3v) is 5.18. The predicted octanol–water partition coefficient (Wildman–Crippen LogP) is 3.77. The van der Waals surface area contributed by atoms with E-state index in [-0.39, 0.29) is 11.5 Å². The van der Waals surface area contributed by atoms with Crippen molar-refractivity contribution in [3.05, 3.63) is 46.6 Å². The molecule has 1 amide bonds. The molecule has 1 atom stereocenters. The van der Waals surface area contributed by atoms with Crippen molar-refractivity contribution in [2.24, 2.45) is 12.0 Å². The fourth-order valence-electron chi connectivity index (χ4n) is 3.61. The highest BCUT2D eigenvalue weighted by Gasteiger charge is 2.32. The van der Waals surface area contributed by atoms with Gasteiger partial charge in [-0.1, -0.05) is 20.8 Å². The summed E-state index contributed by atoms with van der Waals surface area (Å²) < 4.78 is 48.4. The van der Waals surface area contributed by atoms with E-state index in [1.165, 1.54) is 0 Å². The Kier molecular flexibility index (Phi) is 5.86. The zero-order valence-electron chi connectivity index (χ0n) is 17.5. The van der Waals surface area contributed by atoms with E-state index >= 15 is 0 Å². The van der Waals surface area contributed by atoms with Gasteiger partial charge in [-0.15, -0.1) is 0 Å². The van der Waals surface area contributed by atoms with Crippen LogP contribution in [0, 0.1) is 0 Å². The molecule has 0 bridgehead atoms.